The first-order valence-electron chi connectivity index (χ1n) is 8.20. The van der Waals surface area contributed by atoms with E-state index in [2.05, 4.69) is 33.1 Å². The molecule has 0 radical (unpaired) electrons. The van der Waals surface area contributed by atoms with E-state index >= 15 is 0 Å². The van der Waals surface area contributed by atoms with Gasteiger partial charge in [-0.05, 0) is 49.5 Å². The lowest BCUT2D eigenvalue weighted by Crippen LogP contribution is -2.46. The van der Waals surface area contributed by atoms with E-state index in [-0.39, 0.29) is 0 Å². The SMILES string of the molecule is CNC1CC(C)CCC1C(C)(C)CC1CCCC1. The molecule has 2 rings (SSSR count). The van der Waals surface area contributed by atoms with Gasteiger partial charge in [-0.3, -0.25) is 0 Å². The second-order valence-corrected chi connectivity index (χ2v) is 7.76. The van der Waals surface area contributed by atoms with Crippen LogP contribution in [0, 0.1) is 23.2 Å². The number of hydrogen-bond donors (Lipinski definition) is 1. The van der Waals surface area contributed by atoms with Crippen molar-refractivity contribution < 1.29 is 0 Å². The zero-order valence-electron chi connectivity index (χ0n) is 13.0. The van der Waals surface area contributed by atoms with Crippen molar-refractivity contribution in [2.75, 3.05) is 7.05 Å². The first kappa shape index (κ1) is 14.4. The van der Waals surface area contributed by atoms with E-state index in [9.17, 15) is 0 Å². The maximum absolute atomic E-state index is 3.62. The number of rotatable bonds is 4. The van der Waals surface area contributed by atoms with Gasteiger partial charge in [0.1, 0.15) is 0 Å². The third-order valence-electron chi connectivity index (χ3n) is 5.78. The van der Waals surface area contributed by atoms with Gasteiger partial charge in [-0.1, -0.05) is 52.9 Å². The van der Waals surface area contributed by atoms with Crippen molar-refractivity contribution in [2.45, 2.75) is 78.2 Å². The fourth-order valence-electron chi connectivity index (χ4n) is 4.75. The Morgan fingerprint density at radius 2 is 1.72 bits per heavy atom. The highest BCUT2D eigenvalue weighted by molar-refractivity contribution is 4.92. The summed E-state index contributed by atoms with van der Waals surface area (Å²) in [5.41, 5.74) is 0.531. The molecule has 0 spiro atoms. The van der Waals surface area contributed by atoms with Crippen molar-refractivity contribution in [1.82, 2.24) is 5.32 Å². The van der Waals surface area contributed by atoms with Crippen LogP contribution in [0.5, 0.6) is 0 Å². The molecule has 0 aromatic rings. The van der Waals surface area contributed by atoms with Crippen LogP contribution < -0.4 is 5.32 Å². The normalized spacial score (nSPS) is 35.0. The average molecular weight is 251 g/mol. The summed E-state index contributed by atoms with van der Waals surface area (Å²) in [5.74, 6) is 2.83. The molecule has 3 unspecified atom stereocenters. The molecule has 18 heavy (non-hydrogen) atoms. The minimum absolute atomic E-state index is 0.531. The molecule has 3 atom stereocenters. The summed E-state index contributed by atoms with van der Waals surface area (Å²) in [6.45, 7) is 7.50. The Bertz CT molecular complexity index is 252. The van der Waals surface area contributed by atoms with Crippen LogP contribution in [0.2, 0.25) is 0 Å². The van der Waals surface area contributed by atoms with Crippen LogP contribution in [0.1, 0.15) is 72.1 Å². The average Bonchev–Trinajstić information content (AvgIpc) is 2.80. The number of nitrogens with one attached hydrogen (secondary N) is 1. The Morgan fingerprint density at radius 3 is 2.33 bits per heavy atom. The molecule has 2 aliphatic rings. The van der Waals surface area contributed by atoms with Crippen molar-refractivity contribution in [2.24, 2.45) is 23.2 Å². The smallest absolute Gasteiger partial charge is 0.00999 e. The summed E-state index contributed by atoms with van der Waals surface area (Å²) in [7, 11) is 2.17. The van der Waals surface area contributed by atoms with E-state index in [0.29, 0.717) is 5.41 Å². The predicted molar refractivity (Wildman–Crippen MR) is 79.7 cm³/mol. The van der Waals surface area contributed by atoms with Gasteiger partial charge in [-0.15, -0.1) is 0 Å². The Hall–Kier alpha value is -0.0400. The van der Waals surface area contributed by atoms with Crippen molar-refractivity contribution in [3.63, 3.8) is 0 Å². The van der Waals surface area contributed by atoms with Crippen LogP contribution in [-0.4, -0.2) is 13.1 Å². The van der Waals surface area contributed by atoms with Crippen molar-refractivity contribution in [3.8, 4) is 0 Å². The maximum Gasteiger partial charge on any atom is 0.00999 e. The fraction of sp³-hybridized carbons (Fsp3) is 1.00. The zero-order valence-corrected chi connectivity index (χ0v) is 13.0. The van der Waals surface area contributed by atoms with Gasteiger partial charge in [0.2, 0.25) is 0 Å². The van der Waals surface area contributed by atoms with Gasteiger partial charge in [-0.25, -0.2) is 0 Å². The van der Waals surface area contributed by atoms with Crippen LogP contribution in [0.3, 0.4) is 0 Å². The lowest BCUT2D eigenvalue weighted by molar-refractivity contribution is 0.0756. The molecule has 2 aliphatic carbocycles. The van der Waals surface area contributed by atoms with E-state index in [1.165, 1.54) is 51.4 Å². The zero-order chi connectivity index (χ0) is 13.2. The fourth-order valence-corrected chi connectivity index (χ4v) is 4.75. The van der Waals surface area contributed by atoms with Gasteiger partial charge in [-0.2, -0.15) is 0 Å². The lowest BCUT2D eigenvalue weighted by Gasteiger charge is -2.45. The monoisotopic (exact) mass is 251 g/mol. The molecule has 0 aromatic heterocycles. The standard InChI is InChI=1S/C17H33N/c1-13-9-10-15(16(11-13)18-4)17(2,3)12-14-7-5-6-8-14/h13-16,18H,5-12H2,1-4H3. The van der Waals surface area contributed by atoms with Crippen LogP contribution >= 0.6 is 0 Å². The second kappa shape index (κ2) is 5.94. The molecule has 0 aromatic carbocycles. The molecule has 1 heteroatoms. The molecule has 0 bridgehead atoms. The summed E-state index contributed by atoms with van der Waals surface area (Å²) in [5, 5.41) is 3.62. The molecule has 0 amide bonds. The second-order valence-electron chi connectivity index (χ2n) is 7.76. The van der Waals surface area contributed by atoms with Crippen molar-refractivity contribution >= 4 is 0 Å². The molecule has 0 aliphatic heterocycles. The Morgan fingerprint density at radius 1 is 1.06 bits per heavy atom. The van der Waals surface area contributed by atoms with Gasteiger partial charge in [0, 0.05) is 6.04 Å². The van der Waals surface area contributed by atoms with Gasteiger partial charge in [0.25, 0.3) is 0 Å². The van der Waals surface area contributed by atoms with Crippen molar-refractivity contribution in [1.29, 1.82) is 0 Å². The Labute approximate surface area is 114 Å². The molecular weight excluding hydrogens is 218 g/mol. The minimum Gasteiger partial charge on any atom is -0.317 e. The van der Waals surface area contributed by atoms with E-state index in [4.69, 9.17) is 0 Å². The lowest BCUT2D eigenvalue weighted by atomic mass is 9.63. The van der Waals surface area contributed by atoms with Crippen LogP contribution in [0.25, 0.3) is 0 Å². The first-order valence-corrected chi connectivity index (χ1v) is 8.20. The third kappa shape index (κ3) is 3.29. The quantitative estimate of drug-likeness (QED) is 0.769. The van der Waals surface area contributed by atoms with Crippen LogP contribution in [0.4, 0.5) is 0 Å². The molecule has 106 valence electrons. The summed E-state index contributed by atoms with van der Waals surface area (Å²) in [4.78, 5) is 0. The molecule has 2 fully saturated rings. The van der Waals surface area contributed by atoms with Crippen LogP contribution in [0.15, 0.2) is 0 Å². The molecule has 1 N–H and O–H groups in total. The largest absolute Gasteiger partial charge is 0.317 e. The van der Waals surface area contributed by atoms with E-state index < -0.39 is 0 Å². The first-order chi connectivity index (χ1) is 8.53. The van der Waals surface area contributed by atoms with E-state index in [1.54, 1.807) is 0 Å². The highest BCUT2D eigenvalue weighted by atomic mass is 14.9. The minimum atomic E-state index is 0.531. The molecule has 0 heterocycles. The number of hydrogen-bond acceptors (Lipinski definition) is 1. The Balaban J connectivity index is 1.97. The highest BCUT2D eigenvalue weighted by Crippen LogP contribution is 2.46. The van der Waals surface area contributed by atoms with Gasteiger partial charge < -0.3 is 5.32 Å². The van der Waals surface area contributed by atoms with E-state index in [1.807, 2.05) is 0 Å². The molecule has 1 nitrogen and oxygen atoms in total. The van der Waals surface area contributed by atoms with Gasteiger partial charge in [0.15, 0.2) is 0 Å². The maximum atomic E-state index is 3.62. The van der Waals surface area contributed by atoms with Crippen molar-refractivity contribution in [3.05, 3.63) is 0 Å². The summed E-state index contributed by atoms with van der Waals surface area (Å²) in [6, 6.07) is 0.755. The molecule has 2 saturated carbocycles. The molecular formula is C17H33N. The summed E-state index contributed by atoms with van der Waals surface area (Å²) < 4.78 is 0. The third-order valence-corrected chi connectivity index (χ3v) is 5.78. The van der Waals surface area contributed by atoms with Gasteiger partial charge >= 0.3 is 0 Å². The van der Waals surface area contributed by atoms with Gasteiger partial charge in [0.05, 0.1) is 0 Å². The Kier molecular flexibility index (Phi) is 4.75. The summed E-state index contributed by atoms with van der Waals surface area (Å²) in [6.07, 6.45) is 11.7. The molecule has 0 saturated heterocycles. The van der Waals surface area contributed by atoms with Crippen LogP contribution in [-0.2, 0) is 0 Å². The summed E-state index contributed by atoms with van der Waals surface area (Å²) >= 11 is 0. The highest BCUT2D eigenvalue weighted by Gasteiger charge is 2.39. The van der Waals surface area contributed by atoms with E-state index in [0.717, 1.165) is 23.8 Å². The predicted octanol–water partition coefficient (Wildman–Crippen LogP) is 4.62. The topological polar surface area (TPSA) is 12.0 Å².